The van der Waals surface area contributed by atoms with E-state index in [1.165, 1.54) is 12.1 Å². The molecule has 1 aromatic carbocycles. The van der Waals surface area contributed by atoms with Crippen LogP contribution in [0.3, 0.4) is 0 Å². The van der Waals surface area contributed by atoms with Crippen molar-refractivity contribution in [3.63, 3.8) is 0 Å². The summed E-state index contributed by atoms with van der Waals surface area (Å²) in [5.41, 5.74) is 0.401. The van der Waals surface area contributed by atoms with Crippen molar-refractivity contribution in [3.05, 3.63) is 29.6 Å². The molecule has 0 amide bonds. The van der Waals surface area contributed by atoms with E-state index >= 15 is 0 Å². The Labute approximate surface area is 98.6 Å². The zero-order valence-electron chi connectivity index (χ0n) is 9.52. The quantitative estimate of drug-likeness (QED) is 0.854. The van der Waals surface area contributed by atoms with Crippen LogP contribution in [-0.2, 0) is 4.74 Å². The van der Waals surface area contributed by atoms with Gasteiger partial charge in [0.25, 0.3) is 0 Å². The highest BCUT2D eigenvalue weighted by atomic mass is 19.1. The largest absolute Gasteiger partial charge is 0.478 e. The fourth-order valence-electron chi connectivity index (χ4n) is 1.96. The summed E-state index contributed by atoms with van der Waals surface area (Å²) in [6.07, 6.45) is 0. The molecule has 1 aromatic rings. The van der Waals surface area contributed by atoms with Gasteiger partial charge in [-0.1, -0.05) is 0 Å². The number of carboxylic acids is 1. The number of carboxylic acid groups (broad SMARTS) is 1. The van der Waals surface area contributed by atoms with Gasteiger partial charge in [0.15, 0.2) is 0 Å². The van der Waals surface area contributed by atoms with Crippen molar-refractivity contribution >= 4 is 11.7 Å². The number of rotatable bonds is 2. The number of aromatic carboxylic acids is 1. The van der Waals surface area contributed by atoms with Gasteiger partial charge in [-0.2, -0.15) is 0 Å². The predicted octanol–water partition coefficient (Wildman–Crippen LogP) is 1.75. The summed E-state index contributed by atoms with van der Waals surface area (Å²) in [5.74, 6) is -1.62. The van der Waals surface area contributed by atoms with Gasteiger partial charge in [-0.15, -0.1) is 0 Å². The van der Waals surface area contributed by atoms with E-state index in [1.807, 2.05) is 11.8 Å². The Morgan fingerprint density at radius 1 is 1.59 bits per heavy atom. The molecule has 0 aliphatic carbocycles. The van der Waals surface area contributed by atoms with Gasteiger partial charge in [-0.25, -0.2) is 9.18 Å². The number of ether oxygens (including phenoxy) is 1. The van der Waals surface area contributed by atoms with Gasteiger partial charge in [0.2, 0.25) is 0 Å². The van der Waals surface area contributed by atoms with Crippen molar-refractivity contribution in [2.45, 2.75) is 13.0 Å². The smallest absolute Gasteiger partial charge is 0.335 e. The maximum atomic E-state index is 13.8. The normalized spacial score (nSPS) is 20.4. The lowest BCUT2D eigenvalue weighted by Crippen LogP contribution is -2.44. The molecule has 0 bridgehead atoms. The number of carbonyl (C=O) groups is 1. The van der Waals surface area contributed by atoms with Gasteiger partial charge in [0.1, 0.15) is 5.82 Å². The standard InChI is InChI=1S/C12H14FNO3/c1-8-7-17-5-4-14(8)11-3-2-9(12(15)16)6-10(11)13/h2-3,6,8H,4-5,7H2,1H3,(H,15,16). The van der Waals surface area contributed by atoms with Crippen molar-refractivity contribution in [2.75, 3.05) is 24.7 Å². The van der Waals surface area contributed by atoms with E-state index in [0.717, 1.165) is 6.07 Å². The lowest BCUT2D eigenvalue weighted by molar-refractivity contribution is 0.0696. The van der Waals surface area contributed by atoms with Crippen LogP contribution in [0, 0.1) is 5.82 Å². The van der Waals surface area contributed by atoms with Crippen LogP contribution in [0.4, 0.5) is 10.1 Å². The first-order chi connectivity index (χ1) is 8.09. The zero-order valence-corrected chi connectivity index (χ0v) is 9.52. The van der Waals surface area contributed by atoms with Crippen LogP contribution in [0.25, 0.3) is 0 Å². The minimum absolute atomic E-state index is 0.0350. The minimum Gasteiger partial charge on any atom is -0.478 e. The first kappa shape index (κ1) is 11.9. The number of halogens is 1. The molecule has 1 N–H and O–H groups in total. The Morgan fingerprint density at radius 3 is 2.94 bits per heavy atom. The third-order valence-corrected chi connectivity index (χ3v) is 2.87. The second-order valence-corrected chi connectivity index (χ2v) is 4.09. The molecule has 92 valence electrons. The van der Waals surface area contributed by atoms with E-state index in [-0.39, 0.29) is 11.6 Å². The highest BCUT2D eigenvalue weighted by molar-refractivity contribution is 5.88. The third-order valence-electron chi connectivity index (χ3n) is 2.87. The number of anilines is 1. The molecule has 4 nitrogen and oxygen atoms in total. The number of nitrogens with zero attached hydrogens (tertiary/aromatic N) is 1. The molecule has 0 radical (unpaired) electrons. The SMILES string of the molecule is CC1COCCN1c1ccc(C(=O)O)cc1F. The lowest BCUT2D eigenvalue weighted by atomic mass is 10.1. The molecule has 1 aliphatic heterocycles. The maximum absolute atomic E-state index is 13.8. The molecule has 0 aromatic heterocycles. The first-order valence-corrected chi connectivity index (χ1v) is 5.47. The van der Waals surface area contributed by atoms with Gasteiger partial charge in [-0.05, 0) is 25.1 Å². The molecule has 0 saturated carbocycles. The fraction of sp³-hybridized carbons (Fsp3) is 0.417. The van der Waals surface area contributed by atoms with Crippen molar-refractivity contribution < 1.29 is 19.0 Å². The van der Waals surface area contributed by atoms with E-state index in [2.05, 4.69) is 0 Å². The van der Waals surface area contributed by atoms with Crippen LogP contribution in [0.5, 0.6) is 0 Å². The number of morpholine rings is 1. The van der Waals surface area contributed by atoms with E-state index in [9.17, 15) is 9.18 Å². The molecule has 5 heteroatoms. The summed E-state index contributed by atoms with van der Waals surface area (Å²) in [5, 5.41) is 8.76. The first-order valence-electron chi connectivity index (χ1n) is 5.47. The van der Waals surface area contributed by atoms with Crippen LogP contribution in [0.15, 0.2) is 18.2 Å². The van der Waals surface area contributed by atoms with Gasteiger partial charge in [-0.3, -0.25) is 0 Å². The van der Waals surface area contributed by atoms with E-state index in [4.69, 9.17) is 9.84 Å². The second-order valence-electron chi connectivity index (χ2n) is 4.09. The number of benzene rings is 1. The highest BCUT2D eigenvalue weighted by Crippen LogP contribution is 2.24. The maximum Gasteiger partial charge on any atom is 0.335 e. The lowest BCUT2D eigenvalue weighted by Gasteiger charge is -2.35. The Hall–Kier alpha value is -1.62. The Kier molecular flexibility index (Phi) is 3.28. The molecule has 17 heavy (non-hydrogen) atoms. The molecule has 1 fully saturated rings. The molecule has 1 heterocycles. The van der Waals surface area contributed by atoms with Crippen molar-refractivity contribution in [1.82, 2.24) is 0 Å². The summed E-state index contributed by atoms with van der Waals surface area (Å²) in [7, 11) is 0. The summed E-state index contributed by atoms with van der Waals surface area (Å²) >= 11 is 0. The highest BCUT2D eigenvalue weighted by Gasteiger charge is 2.22. The minimum atomic E-state index is -1.12. The molecule has 1 saturated heterocycles. The summed E-state index contributed by atoms with van der Waals surface area (Å²) < 4.78 is 19.1. The Bertz CT molecular complexity index is 436. The summed E-state index contributed by atoms with van der Waals surface area (Å²) in [4.78, 5) is 12.6. The molecule has 1 aliphatic rings. The van der Waals surface area contributed by atoms with Crippen molar-refractivity contribution in [2.24, 2.45) is 0 Å². The molecular formula is C12H14FNO3. The van der Waals surface area contributed by atoms with Crippen LogP contribution < -0.4 is 4.90 Å². The van der Waals surface area contributed by atoms with Crippen LogP contribution in [0.2, 0.25) is 0 Å². The molecule has 1 atom stereocenters. The third kappa shape index (κ3) is 2.39. The summed E-state index contributed by atoms with van der Waals surface area (Å²) in [6, 6.07) is 4.08. The van der Waals surface area contributed by atoms with Crippen LogP contribution >= 0.6 is 0 Å². The van der Waals surface area contributed by atoms with Gasteiger partial charge < -0.3 is 14.7 Å². The van der Waals surface area contributed by atoms with E-state index in [0.29, 0.717) is 25.4 Å². The average molecular weight is 239 g/mol. The molecular weight excluding hydrogens is 225 g/mol. The van der Waals surface area contributed by atoms with E-state index < -0.39 is 11.8 Å². The Balaban J connectivity index is 2.29. The van der Waals surface area contributed by atoms with Crippen LogP contribution in [-0.4, -0.2) is 36.9 Å². The van der Waals surface area contributed by atoms with Gasteiger partial charge >= 0.3 is 5.97 Å². The second kappa shape index (κ2) is 4.71. The van der Waals surface area contributed by atoms with Gasteiger partial charge in [0.05, 0.1) is 24.5 Å². The summed E-state index contributed by atoms with van der Waals surface area (Å²) in [6.45, 7) is 3.68. The van der Waals surface area contributed by atoms with Gasteiger partial charge in [0, 0.05) is 12.6 Å². The predicted molar refractivity (Wildman–Crippen MR) is 61.0 cm³/mol. The van der Waals surface area contributed by atoms with E-state index in [1.54, 1.807) is 0 Å². The van der Waals surface area contributed by atoms with Crippen molar-refractivity contribution in [1.29, 1.82) is 0 Å². The molecule has 1 unspecified atom stereocenters. The number of hydrogen-bond donors (Lipinski definition) is 1. The molecule has 0 spiro atoms. The number of hydrogen-bond acceptors (Lipinski definition) is 3. The van der Waals surface area contributed by atoms with Crippen molar-refractivity contribution in [3.8, 4) is 0 Å². The monoisotopic (exact) mass is 239 g/mol. The Morgan fingerprint density at radius 2 is 2.35 bits per heavy atom. The zero-order chi connectivity index (χ0) is 12.4. The fourth-order valence-corrected chi connectivity index (χ4v) is 1.96. The molecule has 2 rings (SSSR count). The van der Waals surface area contributed by atoms with Crippen LogP contribution in [0.1, 0.15) is 17.3 Å². The average Bonchev–Trinajstić information content (AvgIpc) is 2.30. The topological polar surface area (TPSA) is 49.8 Å².